The summed E-state index contributed by atoms with van der Waals surface area (Å²) in [5.74, 6) is -0.313. The van der Waals surface area contributed by atoms with Crippen LogP contribution in [0.15, 0.2) is 11.6 Å². The molecule has 6 heteroatoms. The van der Waals surface area contributed by atoms with Crippen molar-refractivity contribution in [1.82, 2.24) is 5.32 Å². The first-order chi connectivity index (χ1) is 8.88. The van der Waals surface area contributed by atoms with Gasteiger partial charge in [-0.2, -0.15) is 0 Å². The van der Waals surface area contributed by atoms with Gasteiger partial charge in [-0.15, -0.1) is 0 Å². The van der Waals surface area contributed by atoms with Crippen molar-refractivity contribution in [2.75, 3.05) is 18.6 Å². The number of amides is 1. The molecule has 1 atom stereocenters. The summed E-state index contributed by atoms with van der Waals surface area (Å²) in [7, 11) is -3.06. The van der Waals surface area contributed by atoms with E-state index in [9.17, 15) is 13.2 Å². The van der Waals surface area contributed by atoms with E-state index in [0.717, 1.165) is 25.5 Å². The zero-order valence-corrected chi connectivity index (χ0v) is 12.3. The number of nitrogens with two attached hydrogens (primary N) is 1. The fourth-order valence-corrected chi connectivity index (χ4v) is 2.76. The molecule has 0 saturated carbocycles. The number of hydrogen-bond donors (Lipinski definition) is 2. The van der Waals surface area contributed by atoms with E-state index in [2.05, 4.69) is 11.4 Å². The highest BCUT2D eigenvalue weighted by Gasteiger charge is 2.15. The number of sulfone groups is 1. The molecular weight excluding hydrogens is 264 g/mol. The van der Waals surface area contributed by atoms with Crippen LogP contribution < -0.4 is 11.1 Å². The molecule has 19 heavy (non-hydrogen) atoms. The third-order valence-electron chi connectivity index (χ3n) is 3.27. The Morgan fingerprint density at radius 2 is 2.21 bits per heavy atom. The van der Waals surface area contributed by atoms with E-state index in [1.807, 2.05) is 0 Å². The van der Waals surface area contributed by atoms with Gasteiger partial charge in [-0.3, -0.25) is 4.79 Å². The van der Waals surface area contributed by atoms with Crippen LogP contribution in [0.1, 0.15) is 38.5 Å². The van der Waals surface area contributed by atoms with Crippen molar-refractivity contribution in [2.45, 2.75) is 44.6 Å². The lowest BCUT2D eigenvalue weighted by Gasteiger charge is -2.14. The minimum Gasteiger partial charge on any atom is -0.354 e. The fourth-order valence-electron chi connectivity index (χ4n) is 2.08. The maximum absolute atomic E-state index is 11.7. The topological polar surface area (TPSA) is 89.3 Å². The van der Waals surface area contributed by atoms with E-state index >= 15 is 0 Å². The van der Waals surface area contributed by atoms with Gasteiger partial charge >= 0.3 is 0 Å². The van der Waals surface area contributed by atoms with Gasteiger partial charge in [0.25, 0.3) is 0 Å². The van der Waals surface area contributed by atoms with Crippen LogP contribution in [0.4, 0.5) is 0 Å². The molecule has 0 spiro atoms. The van der Waals surface area contributed by atoms with Gasteiger partial charge < -0.3 is 11.1 Å². The maximum atomic E-state index is 11.7. The fraction of sp³-hybridized carbons (Fsp3) is 0.769. The Labute approximate surface area is 115 Å². The molecule has 1 aliphatic rings. The van der Waals surface area contributed by atoms with Crippen LogP contribution in [0.25, 0.3) is 0 Å². The summed E-state index contributed by atoms with van der Waals surface area (Å²) < 4.78 is 22.0. The van der Waals surface area contributed by atoms with Crippen LogP contribution in [0.5, 0.6) is 0 Å². The SMILES string of the molecule is CS(=O)(=O)CCC(N)C(=O)NCCC1=CCCCC1. The molecule has 1 rings (SSSR count). The molecule has 0 aromatic heterocycles. The Morgan fingerprint density at radius 3 is 2.79 bits per heavy atom. The zero-order chi connectivity index (χ0) is 14.3. The first kappa shape index (κ1) is 16.2. The highest BCUT2D eigenvalue weighted by atomic mass is 32.2. The Bertz CT molecular complexity index is 429. The van der Waals surface area contributed by atoms with Gasteiger partial charge in [-0.1, -0.05) is 11.6 Å². The lowest BCUT2D eigenvalue weighted by atomic mass is 9.97. The number of carbonyl (C=O) groups excluding carboxylic acids is 1. The predicted octanol–water partition coefficient (Wildman–Crippen LogP) is 0.755. The molecule has 0 aromatic carbocycles. The van der Waals surface area contributed by atoms with Crippen molar-refractivity contribution >= 4 is 15.7 Å². The quantitative estimate of drug-likeness (QED) is 0.677. The van der Waals surface area contributed by atoms with Gasteiger partial charge in [-0.25, -0.2) is 8.42 Å². The van der Waals surface area contributed by atoms with E-state index in [1.54, 1.807) is 0 Å². The molecule has 110 valence electrons. The Balaban J connectivity index is 2.21. The van der Waals surface area contributed by atoms with E-state index in [4.69, 9.17) is 5.73 Å². The molecule has 5 nitrogen and oxygen atoms in total. The van der Waals surface area contributed by atoms with E-state index in [1.165, 1.54) is 18.4 Å². The van der Waals surface area contributed by atoms with Crippen molar-refractivity contribution in [3.8, 4) is 0 Å². The normalized spacial score (nSPS) is 17.7. The summed E-state index contributed by atoms with van der Waals surface area (Å²) >= 11 is 0. The molecule has 0 saturated heterocycles. The largest absolute Gasteiger partial charge is 0.354 e. The lowest BCUT2D eigenvalue weighted by Crippen LogP contribution is -2.42. The van der Waals surface area contributed by atoms with Gasteiger partial charge in [0.2, 0.25) is 5.91 Å². The summed E-state index contributed by atoms with van der Waals surface area (Å²) in [6.45, 7) is 0.581. The van der Waals surface area contributed by atoms with Crippen LogP contribution in [-0.2, 0) is 14.6 Å². The van der Waals surface area contributed by atoms with Crippen LogP contribution in [0.2, 0.25) is 0 Å². The minimum absolute atomic E-state index is 0.0489. The van der Waals surface area contributed by atoms with E-state index in [0.29, 0.717) is 6.54 Å². The number of hydrogen-bond acceptors (Lipinski definition) is 4. The summed E-state index contributed by atoms with van der Waals surface area (Å²) in [6.07, 6.45) is 9.18. The van der Waals surface area contributed by atoms with Gasteiger partial charge in [-0.05, 0) is 38.5 Å². The van der Waals surface area contributed by atoms with Crippen molar-refractivity contribution in [3.63, 3.8) is 0 Å². The standard InChI is InChI=1S/C13H24N2O3S/c1-19(17,18)10-8-12(14)13(16)15-9-7-11-5-3-2-4-6-11/h5,12H,2-4,6-10,14H2,1H3,(H,15,16). The molecule has 1 unspecified atom stereocenters. The maximum Gasteiger partial charge on any atom is 0.236 e. The molecule has 0 bridgehead atoms. The second-order valence-corrected chi connectivity index (χ2v) is 7.43. The molecule has 0 aromatic rings. The number of carbonyl (C=O) groups is 1. The molecule has 0 heterocycles. The van der Waals surface area contributed by atoms with Gasteiger partial charge in [0, 0.05) is 12.8 Å². The molecule has 0 aliphatic heterocycles. The van der Waals surface area contributed by atoms with Crippen LogP contribution in [0, 0.1) is 0 Å². The molecule has 0 fully saturated rings. The smallest absolute Gasteiger partial charge is 0.236 e. The number of rotatable bonds is 7. The van der Waals surface area contributed by atoms with Gasteiger partial charge in [0.1, 0.15) is 9.84 Å². The van der Waals surface area contributed by atoms with Crippen LogP contribution in [-0.4, -0.2) is 38.9 Å². The van der Waals surface area contributed by atoms with Gasteiger partial charge in [0.05, 0.1) is 11.8 Å². The molecular formula is C13H24N2O3S. The van der Waals surface area contributed by atoms with Gasteiger partial charge in [0.15, 0.2) is 0 Å². The monoisotopic (exact) mass is 288 g/mol. The van der Waals surface area contributed by atoms with E-state index < -0.39 is 15.9 Å². The Morgan fingerprint density at radius 1 is 1.47 bits per heavy atom. The third kappa shape index (κ3) is 7.32. The zero-order valence-electron chi connectivity index (χ0n) is 11.5. The summed E-state index contributed by atoms with van der Waals surface area (Å²) in [6, 6.07) is -0.741. The van der Waals surface area contributed by atoms with Crippen molar-refractivity contribution in [1.29, 1.82) is 0 Å². The highest BCUT2D eigenvalue weighted by molar-refractivity contribution is 7.90. The van der Waals surface area contributed by atoms with E-state index in [-0.39, 0.29) is 18.1 Å². The predicted molar refractivity (Wildman–Crippen MR) is 76.5 cm³/mol. The number of allylic oxidation sites excluding steroid dienone is 1. The second kappa shape index (κ2) is 7.65. The Kier molecular flexibility index (Phi) is 6.51. The average molecular weight is 288 g/mol. The first-order valence-electron chi connectivity index (χ1n) is 6.77. The summed E-state index contributed by atoms with van der Waals surface area (Å²) in [5.41, 5.74) is 7.05. The number of nitrogens with one attached hydrogen (secondary N) is 1. The highest BCUT2D eigenvalue weighted by Crippen LogP contribution is 2.19. The summed E-state index contributed by atoms with van der Waals surface area (Å²) in [4.78, 5) is 11.7. The molecule has 1 aliphatic carbocycles. The first-order valence-corrected chi connectivity index (χ1v) is 8.83. The molecule has 0 radical (unpaired) electrons. The average Bonchev–Trinajstić information content (AvgIpc) is 2.36. The van der Waals surface area contributed by atoms with Crippen molar-refractivity contribution in [3.05, 3.63) is 11.6 Å². The van der Waals surface area contributed by atoms with Crippen LogP contribution >= 0.6 is 0 Å². The van der Waals surface area contributed by atoms with Crippen molar-refractivity contribution < 1.29 is 13.2 Å². The lowest BCUT2D eigenvalue weighted by molar-refractivity contribution is -0.122. The Hall–Kier alpha value is -0.880. The molecule has 3 N–H and O–H groups in total. The van der Waals surface area contributed by atoms with Crippen LogP contribution in [0.3, 0.4) is 0 Å². The second-order valence-electron chi connectivity index (χ2n) is 5.17. The summed E-state index contributed by atoms with van der Waals surface area (Å²) in [5, 5.41) is 2.77. The van der Waals surface area contributed by atoms with Crippen molar-refractivity contribution in [2.24, 2.45) is 5.73 Å². The minimum atomic E-state index is -3.06. The third-order valence-corrected chi connectivity index (χ3v) is 4.24. The molecule has 1 amide bonds.